The topological polar surface area (TPSA) is 52.9 Å². The Morgan fingerprint density at radius 1 is 1.50 bits per heavy atom. The van der Waals surface area contributed by atoms with Crippen molar-refractivity contribution in [3.63, 3.8) is 0 Å². The summed E-state index contributed by atoms with van der Waals surface area (Å²) >= 11 is 0. The second kappa shape index (κ2) is 6.47. The van der Waals surface area contributed by atoms with Gasteiger partial charge in [0.1, 0.15) is 0 Å². The molecule has 3 nitrogen and oxygen atoms in total. The molecule has 0 aromatic rings. The van der Waals surface area contributed by atoms with Gasteiger partial charge in [-0.25, -0.2) is 5.26 Å². The van der Waals surface area contributed by atoms with Crippen molar-refractivity contribution in [1.29, 1.82) is 5.26 Å². The molecular weight excluding hydrogens is 175 g/mol. The summed E-state index contributed by atoms with van der Waals surface area (Å²) in [6, 6.07) is 0. The molecule has 1 N–H and O–H groups in total. The van der Waals surface area contributed by atoms with E-state index in [4.69, 9.17) is 5.26 Å². The van der Waals surface area contributed by atoms with Gasteiger partial charge in [0, 0.05) is 12.5 Å². The van der Waals surface area contributed by atoms with Crippen molar-refractivity contribution in [2.45, 2.75) is 38.3 Å². The Morgan fingerprint density at radius 3 is 2.79 bits per heavy atom. The van der Waals surface area contributed by atoms with Crippen molar-refractivity contribution < 1.29 is 4.79 Å². The first-order chi connectivity index (χ1) is 6.86. The van der Waals surface area contributed by atoms with Gasteiger partial charge in [0.2, 0.25) is 6.41 Å². The van der Waals surface area contributed by atoms with E-state index in [9.17, 15) is 4.79 Å². The average Bonchev–Trinajstić information content (AvgIpc) is 2.25. The van der Waals surface area contributed by atoms with E-state index in [-0.39, 0.29) is 0 Å². The van der Waals surface area contributed by atoms with Gasteiger partial charge in [-0.3, -0.25) is 4.79 Å². The highest BCUT2D eigenvalue weighted by Crippen LogP contribution is 2.27. The van der Waals surface area contributed by atoms with Crippen molar-refractivity contribution in [2.24, 2.45) is 5.92 Å². The Labute approximate surface area is 85.9 Å². The number of nitrogens with one attached hydrogen (secondary N) is 1. The van der Waals surface area contributed by atoms with Crippen LogP contribution in [0.2, 0.25) is 12.6 Å². The zero-order valence-corrected chi connectivity index (χ0v) is 8.54. The zero-order valence-electron chi connectivity index (χ0n) is 8.54. The number of hydrogen-bond acceptors (Lipinski definition) is 2. The molecule has 1 aliphatic heterocycles. The van der Waals surface area contributed by atoms with Gasteiger partial charge in [0.25, 0.3) is 6.71 Å². The van der Waals surface area contributed by atoms with Gasteiger partial charge in [-0.2, -0.15) is 0 Å². The van der Waals surface area contributed by atoms with Crippen LogP contribution in [0.5, 0.6) is 0 Å². The lowest BCUT2D eigenvalue weighted by molar-refractivity contribution is -0.109. The third kappa shape index (κ3) is 3.82. The van der Waals surface area contributed by atoms with Crippen molar-refractivity contribution >= 4 is 13.1 Å². The van der Waals surface area contributed by atoms with Crippen LogP contribution >= 0.6 is 0 Å². The first-order valence-electron chi connectivity index (χ1n) is 5.43. The number of rotatable bonds is 5. The van der Waals surface area contributed by atoms with E-state index in [1.165, 1.54) is 19.3 Å². The minimum atomic E-state index is 0.305. The monoisotopic (exact) mass is 192 g/mol. The van der Waals surface area contributed by atoms with Crippen LogP contribution in [0.3, 0.4) is 0 Å². The highest BCUT2D eigenvalue weighted by molar-refractivity contribution is 6.67. The van der Waals surface area contributed by atoms with E-state index >= 15 is 0 Å². The lowest BCUT2D eigenvalue weighted by atomic mass is 9.41. The number of nitrogens with zero attached hydrogens (tertiary/aromatic N) is 1. The van der Waals surface area contributed by atoms with Crippen molar-refractivity contribution in [1.82, 2.24) is 5.32 Å². The summed E-state index contributed by atoms with van der Waals surface area (Å²) in [7, 11) is 0. The van der Waals surface area contributed by atoms with Gasteiger partial charge in [-0.05, 0) is 18.8 Å². The summed E-state index contributed by atoms with van der Waals surface area (Å²) in [6.07, 6.45) is 7.55. The molecule has 1 rings (SSSR count). The highest BCUT2D eigenvalue weighted by atomic mass is 16.1. The van der Waals surface area contributed by atoms with E-state index in [0.29, 0.717) is 6.71 Å². The molecule has 0 aliphatic carbocycles. The number of nitriles is 1. The van der Waals surface area contributed by atoms with E-state index < -0.39 is 0 Å². The fourth-order valence-electron chi connectivity index (χ4n) is 2.13. The molecule has 14 heavy (non-hydrogen) atoms. The third-order valence-corrected chi connectivity index (χ3v) is 3.05. The molecule has 1 amide bonds. The van der Waals surface area contributed by atoms with Crippen LogP contribution < -0.4 is 5.32 Å². The first-order valence-corrected chi connectivity index (χ1v) is 5.43. The molecular formula is C10H17BN2O. The van der Waals surface area contributed by atoms with Crippen molar-refractivity contribution in [3.05, 3.63) is 0 Å². The Kier molecular flexibility index (Phi) is 5.13. The lowest BCUT2D eigenvalue weighted by Gasteiger charge is -2.22. The summed E-state index contributed by atoms with van der Waals surface area (Å²) in [5.74, 6) is 3.13. The Morgan fingerprint density at radius 2 is 2.21 bits per heavy atom. The van der Waals surface area contributed by atoms with Crippen molar-refractivity contribution in [3.8, 4) is 5.97 Å². The average molecular weight is 192 g/mol. The SMILES string of the molecule is N#CB1CCC(CCCNC=O)CC1. The molecule has 0 unspecified atom stereocenters. The summed E-state index contributed by atoms with van der Waals surface area (Å²) in [6.45, 7) is 1.10. The minimum absolute atomic E-state index is 0.305. The number of carbonyl (C=O) groups is 1. The predicted molar refractivity (Wildman–Crippen MR) is 57.0 cm³/mol. The molecule has 0 bridgehead atoms. The third-order valence-electron chi connectivity index (χ3n) is 3.05. The van der Waals surface area contributed by atoms with Crippen LogP contribution in [0, 0.1) is 17.1 Å². The molecule has 76 valence electrons. The Balaban J connectivity index is 2.04. The molecule has 0 atom stereocenters. The minimum Gasteiger partial charge on any atom is -0.359 e. The fourth-order valence-corrected chi connectivity index (χ4v) is 2.13. The van der Waals surface area contributed by atoms with Gasteiger partial charge in [-0.1, -0.05) is 25.5 Å². The van der Waals surface area contributed by atoms with Crippen LogP contribution in [0.15, 0.2) is 0 Å². The standard InChI is InChI=1S/C10H17BN2O/c12-8-11-5-3-10(4-6-11)2-1-7-13-9-14/h9-10H,1-7H2,(H,13,14). The summed E-state index contributed by atoms with van der Waals surface area (Å²) in [4.78, 5) is 9.99. The molecule has 1 heterocycles. The van der Waals surface area contributed by atoms with E-state index in [1.807, 2.05) is 0 Å². The molecule has 1 aliphatic rings. The number of carbonyl (C=O) groups excluding carboxylic acids is 1. The van der Waals surface area contributed by atoms with Crippen molar-refractivity contribution in [2.75, 3.05) is 6.54 Å². The van der Waals surface area contributed by atoms with Crippen LogP contribution in [-0.2, 0) is 4.79 Å². The van der Waals surface area contributed by atoms with Gasteiger partial charge >= 0.3 is 0 Å². The van der Waals surface area contributed by atoms with E-state index in [1.54, 1.807) is 0 Å². The second-order valence-corrected chi connectivity index (χ2v) is 4.06. The highest BCUT2D eigenvalue weighted by Gasteiger charge is 2.23. The molecule has 0 aromatic heterocycles. The summed E-state index contributed by atoms with van der Waals surface area (Å²) in [5, 5.41) is 11.4. The molecule has 0 saturated carbocycles. The molecule has 0 spiro atoms. The van der Waals surface area contributed by atoms with Gasteiger partial charge in [-0.15, -0.1) is 0 Å². The molecule has 0 aromatic carbocycles. The smallest absolute Gasteiger partial charge is 0.267 e. The Bertz CT molecular complexity index is 207. The maximum atomic E-state index is 9.99. The van der Waals surface area contributed by atoms with E-state index in [2.05, 4.69) is 11.3 Å². The largest absolute Gasteiger partial charge is 0.359 e. The van der Waals surface area contributed by atoms with Gasteiger partial charge < -0.3 is 5.32 Å². The molecule has 4 heteroatoms. The molecule has 0 radical (unpaired) electrons. The number of amides is 1. The quantitative estimate of drug-likeness (QED) is 0.407. The van der Waals surface area contributed by atoms with Crippen LogP contribution in [-0.4, -0.2) is 19.7 Å². The molecule has 1 saturated heterocycles. The summed E-state index contributed by atoms with van der Waals surface area (Å²) in [5.41, 5.74) is 0. The normalized spacial score (nSPS) is 17.5. The van der Waals surface area contributed by atoms with Crippen LogP contribution in [0.4, 0.5) is 0 Å². The van der Waals surface area contributed by atoms with Gasteiger partial charge in [0.05, 0.1) is 0 Å². The van der Waals surface area contributed by atoms with E-state index in [0.717, 1.165) is 37.9 Å². The van der Waals surface area contributed by atoms with Crippen LogP contribution in [0.1, 0.15) is 25.7 Å². The maximum absolute atomic E-state index is 9.99. The second-order valence-electron chi connectivity index (χ2n) is 4.06. The maximum Gasteiger partial charge on any atom is 0.267 e. The molecule has 1 fully saturated rings. The van der Waals surface area contributed by atoms with Crippen LogP contribution in [0.25, 0.3) is 0 Å². The Hall–Kier alpha value is -0.975. The fraction of sp³-hybridized carbons (Fsp3) is 0.800. The summed E-state index contributed by atoms with van der Waals surface area (Å²) < 4.78 is 0. The lowest BCUT2D eigenvalue weighted by Crippen LogP contribution is -2.21. The first kappa shape index (κ1) is 11.1. The zero-order chi connectivity index (χ0) is 10.2. The van der Waals surface area contributed by atoms with Gasteiger partial charge in [0.15, 0.2) is 0 Å². The number of hydrogen-bond donors (Lipinski definition) is 1. The predicted octanol–water partition coefficient (Wildman–Crippen LogP) is 1.48.